The second-order valence-electron chi connectivity index (χ2n) is 31.2. The fraction of sp³-hybridized carbons (Fsp3) is 0. The minimum atomic E-state index is 0.550. The molecule has 17 heteroatoms. The summed E-state index contributed by atoms with van der Waals surface area (Å²) < 4.78 is 0. The van der Waals surface area contributed by atoms with E-state index in [-0.39, 0.29) is 0 Å². The molecule has 0 bridgehead atoms. The highest BCUT2D eigenvalue weighted by molar-refractivity contribution is 5.99. The van der Waals surface area contributed by atoms with Crippen LogP contribution >= 0.6 is 0 Å². The third kappa shape index (κ3) is 16.3. The standard InChI is InChI=1S/C48H30N6.C33H21N5.C32H20N6/c1-2-13-38-31(9-1)10-6-15-40(38)36-28-37(30-49-29-36)48-53-46(33-22-20-32(21-23-33)39-16-7-19-45-43(39)17-8-25-50-45)52-47(54-48)35-12-5-11-34(27-35)41-24-26-51-44-18-4-3-14-42(41)44;1-2-8-22(9-3-1)23-14-16-24(17-15-23)31-36-32(27-18-25-10-4-6-12-29(25)34-20-27)38-33(37-31)28-19-26-11-5-7-13-30(26)35-21-28;1-3-9-28-23(6-1)16-26(19-34-28)31-36-30(22-13-11-21(12-14-22)25-8-5-15-33-18-25)37-32(38-31)27-17-24-7-2-4-10-29(24)35-20-27/h1-30H;1-21H;1-20H. The molecule has 0 spiro atoms. The fourth-order valence-corrected chi connectivity index (χ4v) is 16.4. The Bertz CT molecular complexity index is 7740. The monoisotopic (exact) mass is 1670 g/mol. The van der Waals surface area contributed by atoms with Crippen LogP contribution in [0.25, 0.3) is 234 Å². The van der Waals surface area contributed by atoms with E-state index in [0.29, 0.717) is 52.4 Å². The predicted molar refractivity (Wildman–Crippen MR) is 520 cm³/mol. The molecule has 0 amide bonds. The maximum Gasteiger partial charge on any atom is 0.165 e. The van der Waals surface area contributed by atoms with Crippen molar-refractivity contribution in [3.63, 3.8) is 0 Å². The summed E-state index contributed by atoms with van der Waals surface area (Å²) in [5.74, 6) is 5.17. The summed E-state index contributed by atoms with van der Waals surface area (Å²) in [4.78, 5) is 81.2. The van der Waals surface area contributed by atoms with Gasteiger partial charge in [-0.25, -0.2) is 44.9 Å². The van der Waals surface area contributed by atoms with E-state index in [2.05, 4.69) is 229 Å². The van der Waals surface area contributed by atoms with Gasteiger partial charge in [-0.15, -0.1) is 0 Å². The van der Waals surface area contributed by atoms with Crippen molar-refractivity contribution in [3.8, 4) is 158 Å². The van der Waals surface area contributed by atoms with Gasteiger partial charge in [0.2, 0.25) is 0 Å². The van der Waals surface area contributed by atoms with Gasteiger partial charge in [-0.3, -0.25) is 39.9 Å². The Morgan fingerprint density at radius 2 is 0.431 bits per heavy atom. The minimum absolute atomic E-state index is 0.550. The first kappa shape index (κ1) is 77.9. The highest BCUT2D eigenvalue weighted by Crippen LogP contribution is 2.38. The second-order valence-corrected chi connectivity index (χ2v) is 31.2. The summed E-state index contributed by atoms with van der Waals surface area (Å²) in [7, 11) is 0. The van der Waals surface area contributed by atoms with Crippen molar-refractivity contribution < 1.29 is 0 Å². The van der Waals surface area contributed by atoms with Gasteiger partial charge >= 0.3 is 0 Å². The molecular formula is C113H71N17. The van der Waals surface area contributed by atoms with Crippen LogP contribution in [-0.4, -0.2) is 84.7 Å². The van der Waals surface area contributed by atoms with Crippen LogP contribution in [0.2, 0.25) is 0 Å². The van der Waals surface area contributed by atoms with Crippen LogP contribution in [0.1, 0.15) is 0 Å². The number of pyridine rings is 8. The van der Waals surface area contributed by atoms with Gasteiger partial charge in [0.1, 0.15) is 0 Å². The highest BCUT2D eigenvalue weighted by atomic mass is 15.1. The number of rotatable bonds is 14. The first-order valence-electron chi connectivity index (χ1n) is 42.5. The molecule has 0 N–H and O–H groups in total. The smallest absolute Gasteiger partial charge is 0.165 e. The second kappa shape index (κ2) is 34.9. The fourth-order valence-electron chi connectivity index (χ4n) is 16.4. The topological polar surface area (TPSA) is 219 Å². The maximum absolute atomic E-state index is 5.11. The van der Waals surface area contributed by atoms with Crippen molar-refractivity contribution in [2.75, 3.05) is 0 Å². The molecule has 0 atom stereocenters. The lowest BCUT2D eigenvalue weighted by atomic mass is 9.98. The van der Waals surface area contributed by atoms with E-state index >= 15 is 0 Å². The van der Waals surface area contributed by atoms with E-state index < -0.39 is 0 Å². The lowest BCUT2D eigenvalue weighted by Gasteiger charge is -2.12. The SMILES string of the molecule is c1cc(-c2nc(-c3ccc(-c4cccc5ncccc45)cc3)nc(-c3cncc(-c4cccc5ccccc45)c3)n2)cc(-c2ccnc3ccccc23)c1.c1ccc(-c2ccc(-c3nc(-c4cnc5ccccc5c4)nc(-c4cnc5ccccc5c4)n3)cc2)cc1.c1cncc(-c2ccc(-c3nc(-c4cnc5ccccc5c4)nc(-c4cnc5ccccc5c4)n3)cc2)c1. The zero-order valence-electron chi connectivity index (χ0n) is 69.6. The van der Waals surface area contributed by atoms with Crippen molar-refractivity contribution in [1.29, 1.82) is 0 Å². The molecule has 0 unspecified atom stereocenters. The van der Waals surface area contributed by atoms with Crippen LogP contribution < -0.4 is 0 Å². The molecule has 24 aromatic rings. The molecule has 0 aliphatic carbocycles. The number of nitrogens with zero attached hydrogens (tertiary/aromatic N) is 17. The van der Waals surface area contributed by atoms with Crippen molar-refractivity contribution in [1.82, 2.24) is 84.7 Å². The van der Waals surface area contributed by atoms with Crippen molar-refractivity contribution in [2.45, 2.75) is 0 Å². The zero-order valence-corrected chi connectivity index (χ0v) is 69.6. The molecule has 0 saturated heterocycles. The largest absolute Gasteiger partial charge is 0.264 e. The van der Waals surface area contributed by atoms with E-state index in [4.69, 9.17) is 49.8 Å². The number of fused-ring (bicyclic) bond motifs is 7. The highest BCUT2D eigenvalue weighted by Gasteiger charge is 2.21. The Kier molecular flexibility index (Phi) is 20.9. The third-order valence-corrected chi connectivity index (χ3v) is 23.0. The van der Waals surface area contributed by atoms with Crippen LogP contribution in [0, 0.1) is 0 Å². The number of aromatic nitrogens is 17. The van der Waals surface area contributed by atoms with Gasteiger partial charge in [-0.05, 0) is 152 Å². The molecule has 11 aromatic heterocycles. The number of hydrogen-bond donors (Lipinski definition) is 0. The Labute approximate surface area is 746 Å². The number of hydrogen-bond acceptors (Lipinski definition) is 17. The lowest BCUT2D eigenvalue weighted by Crippen LogP contribution is -2.01. The Morgan fingerprint density at radius 3 is 0.931 bits per heavy atom. The zero-order chi connectivity index (χ0) is 86.5. The van der Waals surface area contributed by atoms with Crippen LogP contribution in [0.4, 0.5) is 0 Å². The van der Waals surface area contributed by atoms with E-state index in [1.807, 2.05) is 232 Å². The van der Waals surface area contributed by atoms with E-state index in [1.54, 1.807) is 6.20 Å². The first-order valence-corrected chi connectivity index (χ1v) is 42.5. The third-order valence-electron chi connectivity index (χ3n) is 23.0. The molecule has 13 aromatic carbocycles. The summed E-state index contributed by atoms with van der Waals surface area (Å²) in [5.41, 5.74) is 24.3. The van der Waals surface area contributed by atoms with Crippen LogP contribution in [0.5, 0.6) is 0 Å². The van der Waals surface area contributed by atoms with Gasteiger partial charge in [-0.1, -0.05) is 279 Å². The van der Waals surface area contributed by atoms with Crippen LogP contribution in [-0.2, 0) is 0 Å². The normalized spacial score (nSPS) is 11.2. The predicted octanol–water partition coefficient (Wildman–Crippen LogP) is 26.2. The molecule has 11 heterocycles. The van der Waals surface area contributed by atoms with Gasteiger partial charge in [0, 0.05) is 150 Å². The van der Waals surface area contributed by atoms with Crippen LogP contribution in [0.15, 0.2) is 432 Å². The summed E-state index contributed by atoms with van der Waals surface area (Å²) >= 11 is 0. The molecule has 0 aliphatic heterocycles. The Morgan fingerprint density at radius 1 is 0.131 bits per heavy atom. The molecule has 0 radical (unpaired) electrons. The minimum Gasteiger partial charge on any atom is -0.264 e. The molecule has 608 valence electrons. The first-order chi connectivity index (χ1) is 64.3. The molecule has 0 saturated carbocycles. The summed E-state index contributed by atoms with van der Waals surface area (Å²) in [6.45, 7) is 0. The van der Waals surface area contributed by atoms with Crippen molar-refractivity contribution >= 4 is 76.2 Å². The molecule has 0 fully saturated rings. The Balaban J connectivity index is 0.000000117. The van der Waals surface area contributed by atoms with Gasteiger partial charge < -0.3 is 0 Å². The van der Waals surface area contributed by atoms with Gasteiger partial charge in [0.05, 0.1) is 33.1 Å². The van der Waals surface area contributed by atoms with Gasteiger partial charge in [-0.2, -0.15) is 0 Å². The molecule has 130 heavy (non-hydrogen) atoms. The van der Waals surface area contributed by atoms with E-state index in [0.717, 1.165) is 166 Å². The summed E-state index contributed by atoms with van der Waals surface area (Å²) in [6.07, 6.45) is 18.3. The summed E-state index contributed by atoms with van der Waals surface area (Å²) in [5, 5.41) is 8.67. The van der Waals surface area contributed by atoms with Gasteiger partial charge in [0.15, 0.2) is 52.4 Å². The Hall–Kier alpha value is -18.1. The molecule has 17 nitrogen and oxygen atoms in total. The average Bonchev–Trinajstić information content (AvgIpc) is 0.889. The van der Waals surface area contributed by atoms with Crippen molar-refractivity contribution in [3.05, 3.63) is 432 Å². The quantitative estimate of drug-likeness (QED) is 0.0988. The van der Waals surface area contributed by atoms with Gasteiger partial charge in [0.25, 0.3) is 0 Å². The van der Waals surface area contributed by atoms with Crippen LogP contribution in [0.3, 0.4) is 0 Å². The van der Waals surface area contributed by atoms with Crippen molar-refractivity contribution in [2.24, 2.45) is 0 Å². The molecule has 24 rings (SSSR count). The lowest BCUT2D eigenvalue weighted by molar-refractivity contribution is 1.07. The van der Waals surface area contributed by atoms with E-state index in [1.165, 1.54) is 16.3 Å². The molecule has 0 aliphatic rings. The molecular weight excluding hydrogens is 1600 g/mol. The van der Waals surface area contributed by atoms with E-state index in [9.17, 15) is 0 Å². The maximum atomic E-state index is 5.11. The number of benzene rings is 13. The number of para-hydroxylation sites is 5. The average molecular weight is 1670 g/mol. The summed E-state index contributed by atoms with van der Waals surface area (Å²) in [6, 6.07) is 125.